The van der Waals surface area contributed by atoms with Gasteiger partial charge in [-0.1, -0.05) is 53.2 Å². The molecule has 166 valence electrons. The number of carbonyl (C=O) groups excluding carboxylic acids is 2. The van der Waals surface area contributed by atoms with Crippen LogP contribution in [0.3, 0.4) is 0 Å². The fourth-order valence-electron chi connectivity index (χ4n) is 2.53. The van der Waals surface area contributed by atoms with Crippen LogP contribution in [0, 0.1) is 0 Å². The first kappa shape index (κ1) is 24.3. The normalized spacial score (nSPS) is 11.0. The zero-order valence-electron chi connectivity index (χ0n) is 16.8. The Bertz CT molecular complexity index is 1170. The van der Waals surface area contributed by atoms with E-state index in [-0.39, 0.29) is 24.1 Å². The van der Waals surface area contributed by atoms with Gasteiger partial charge in [-0.3, -0.25) is 9.59 Å². The second kappa shape index (κ2) is 11.5. The van der Waals surface area contributed by atoms with Crippen LogP contribution >= 0.6 is 50.9 Å². The zero-order valence-corrected chi connectivity index (χ0v) is 20.7. The number of rotatable bonds is 8. The van der Waals surface area contributed by atoms with Gasteiger partial charge in [-0.05, 0) is 51.8 Å². The van der Waals surface area contributed by atoms with E-state index in [0.717, 1.165) is 10.0 Å². The predicted molar refractivity (Wildman–Crippen MR) is 132 cm³/mol. The number of nitrogens with zero attached hydrogens (tertiary/aromatic N) is 3. The third-order valence-electron chi connectivity index (χ3n) is 4.20. The van der Waals surface area contributed by atoms with Crippen LogP contribution in [0.15, 0.2) is 58.2 Å². The van der Waals surface area contributed by atoms with Crippen molar-refractivity contribution in [1.82, 2.24) is 20.1 Å². The number of hydrogen-bond acceptors (Lipinski definition) is 5. The van der Waals surface area contributed by atoms with Gasteiger partial charge >= 0.3 is 0 Å². The summed E-state index contributed by atoms with van der Waals surface area (Å²) in [5, 5.41) is 15.3. The molecule has 0 aliphatic rings. The average Bonchev–Trinajstić information content (AvgIpc) is 3.12. The Hall–Kier alpha value is -2.33. The molecule has 0 radical (unpaired) electrons. The number of aromatic nitrogens is 3. The molecule has 0 spiro atoms. The summed E-state index contributed by atoms with van der Waals surface area (Å²) >= 11 is 16.7. The zero-order chi connectivity index (χ0) is 23.1. The van der Waals surface area contributed by atoms with Crippen molar-refractivity contribution in [2.75, 3.05) is 11.1 Å². The molecule has 2 amide bonds. The first-order chi connectivity index (χ1) is 15.3. The number of benzene rings is 2. The molecular formula is C21H18BrCl2N5O2S. The van der Waals surface area contributed by atoms with Crippen molar-refractivity contribution in [3.05, 3.63) is 74.4 Å². The maximum atomic E-state index is 12.2. The van der Waals surface area contributed by atoms with Gasteiger partial charge in [0.15, 0.2) is 11.0 Å². The molecule has 2 aromatic carbocycles. The van der Waals surface area contributed by atoms with Crippen LogP contribution in [0.25, 0.3) is 6.08 Å². The highest BCUT2D eigenvalue weighted by atomic mass is 79.9. The number of anilines is 1. The number of amides is 2. The van der Waals surface area contributed by atoms with Gasteiger partial charge in [-0.15, -0.1) is 10.2 Å². The van der Waals surface area contributed by atoms with Gasteiger partial charge in [-0.25, -0.2) is 0 Å². The van der Waals surface area contributed by atoms with Crippen LogP contribution in [-0.2, 0) is 23.2 Å². The van der Waals surface area contributed by atoms with Gasteiger partial charge in [0, 0.05) is 28.3 Å². The van der Waals surface area contributed by atoms with Crippen molar-refractivity contribution in [2.24, 2.45) is 7.05 Å². The monoisotopic (exact) mass is 553 g/mol. The number of hydrogen-bond donors (Lipinski definition) is 2. The molecule has 0 saturated carbocycles. The molecule has 0 aliphatic heterocycles. The first-order valence-electron chi connectivity index (χ1n) is 9.30. The molecule has 32 heavy (non-hydrogen) atoms. The summed E-state index contributed by atoms with van der Waals surface area (Å²) in [6.07, 6.45) is 3.05. The lowest BCUT2D eigenvalue weighted by Crippen LogP contribution is -2.22. The van der Waals surface area contributed by atoms with E-state index in [2.05, 4.69) is 36.8 Å². The van der Waals surface area contributed by atoms with Gasteiger partial charge in [0.1, 0.15) is 0 Å². The summed E-state index contributed by atoms with van der Waals surface area (Å²) in [6, 6.07) is 12.4. The van der Waals surface area contributed by atoms with E-state index in [1.165, 1.54) is 17.8 Å². The number of nitrogens with one attached hydrogen (secondary N) is 2. The Morgan fingerprint density at radius 1 is 1.16 bits per heavy atom. The lowest BCUT2D eigenvalue weighted by Gasteiger charge is -2.07. The molecule has 3 aromatic rings. The molecule has 11 heteroatoms. The molecule has 1 heterocycles. The van der Waals surface area contributed by atoms with E-state index in [9.17, 15) is 9.59 Å². The van der Waals surface area contributed by atoms with E-state index < -0.39 is 0 Å². The van der Waals surface area contributed by atoms with Gasteiger partial charge in [-0.2, -0.15) is 0 Å². The first-order valence-corrected chi connectivity index (χ1v) is 11.8. The van der Waals surface area contributed by atoms with Gasteiger partial charge in [0.2, 0.25) is 11.8 Å². The van der Waals surface area contributed by atoms with Crippen LogP contribution in [0.5, 0.6) is 0 Å². The van der Waals surface area contributed by atoms with Crippen LogP contribution in [0.1, 0.15) is 11.4 Å². The van der Waals surface area contributed by atoms with Crippen LogP contribution in [-0.4, -0.2) is 32.3 Å². The third kappa shape index (κ3) is 6.83. The predicted octanol–water partition coefficient (Wildman–Crippen LogP) is 4.94. The number of thioether (sulfide) groups is 1. The maximum absolute atomic E-state index is 12.2. The van der Waals surface area contributed by atoms with Crippen molar-refractivity contribution >= 4 is 74.5 Å². The van der Waals surface area contributed by atoms with Crippen LogP contribution < -0.4 is 10.6 Å². The van der Waals surface area contributed by atoms with E-state index in [0.29, 0.717) is 26.7 Å². The largest absolute Gasteiger partial charge is 0.345 e. The standard InChI is InChI=1S/C21H18BrCl2N5O2S/c1-29-18(11-25-19(30)9-6-13-4-2-3-5-16(13)23)27-28-21(29)32-12-20(31)26-14-7-8-15(22)17(24)10-14/h2-10H,11-12H2,1H3,(H,25,30)(H,26,31)/b9-6+. The summed E-state index contributed by atoms with van der Waals surface area (Å²) in [5.41, 5.74) is 1.36. The summed E-state index contributed by atoms with van der Waals surface area (Å²) in [5.74, 6) is 0.227. The Labute approximate surface area is 207 Å². The van der Waals surface area contributed by atoms with Crippen molar-refractivity contribution in [3.8, 4) is 0 Å². The van der Waals surface area contributed by atoms with Crippen LogP contribution in [0.2, 0.25) is 10.0 Å². The van der Waals surface area contributed by atoms with Crippen LogP contribution in [0.4, 0.5) is 5.69 Å². The molecule has 0 fully saturated rings. The molecule has 1 aromatic heterocycles. The highest BCUT2D eigenvalue weighted by Gasteiger charge is 2.12. The number of carbonyl (C=O) groups is 2. The van der Waals surface area contributed by atoms with Crippen molar-refractivity contribution < 1.29 is 9.59 Å². The minimum atomic E-state index is -0.283. The third-order valence-corrected chi connectivity index (χ3v) is 6.80. The van der Waals surface area contributed by atoms with E-state index in [1.54, 1.807) is 42.0 Å². The summed E-state index contributed by atoms with van der Waals surface area (Å²) < 4.78 is 2.48. The van der Waals surface area contributed by atoms with Crippen molar-refractivity contribution in [3.63, 3.8) is 0 Å². The molecule has 7 nitrogen and oxygen atoms in total. The van der Waals surface area contributed by atoms with Gasteiger partial charge in [0.05, 0.1) is 17.3 Å². The Morgan fingerprint density at radius 2 is 1.94 bits per heavy atom. The molecule has 0 saturated heterocycles. The molecule has 0 bridgehead atoms. The quantitative estimate of drug-likeness (QED) is 0.304. The topological polar surface area (TPSA) is 88.9 Å². The Balaban J connectivity index is 1.49. The van der Waals surface area contributed by atoms with E-state index in [1.807, 2.05) is 18.2 Å². The molecule has 0 unspecified atom stereocenters. The van der Waals surface area contributed by atoms with Crippen molar-refractivity contribution in [2.45, 2.75) is 11.7 Å². The summed E-state index contributed by atoms with van der Waals surface area (Å²) in [6.45, 7) is 0.194. The van der Waals surface area contributed by atoms with E-state index in [4.69, 9.17) is 23.2 Å². The number of halogens is 3. The Kier molecular flexibility index (Phi) is 8.75. The smallest absolute Gasteiger partial charge is 0.244 e. The minimum Gasteiger partial charge on any atom is -0.345 e. The van der Waals surface area contributed by atoms with Gasteiger partial charge in [0.25, 0.3) is 0 Å². The molecule has 2 N–H and O–H groups in total. The fourth-order valence-corrected chi connectivity index (χ4v) is 3.88. The SMILES string of the molecule is Cn1c(CNC(=O)/C=C/c2ccccc2Cl)nnc1SCC(=O)Nc1ccc(Br)c(Cl)c1. The second-order valence-electron chi connectivity index (χ2n) is 6.50. The van der Waals surface area contributed by atoms with Gasteiger partial charge < -0.3 is 15.2 Å². The molecule has 3 rings (SSSR count). The minimum absolute atomic E-state index is 0.145. The van der Waals surface area contributed by atoms with Crippen molar-refractivity contribution in [1.29, 1.82) is 0 Å². The fraction of sp³-hybridized carbons (Fsp3) is 0.143. The summed E-state index contributed by atoms with van der Waals surface area (Å²) in [7, 11) is 1.77. The molecule has 0 atom stereocenters. The molecule has 0 aliphatic carbocycles. The maximum Gasteiger partial charge on any atom is 0.244 e. The highest BCUT2D eigenvalue weighted by Crippen LogP contribution is 2.26. The summed E-state index contributed by atoms with van der Waals surface area (Å²) in [4.78, 5) is 24.3. The second-order valence-corrected chi connectivity index (χ2v) is 9.11. The Morgan fingerprint density at radius 3 is 2.69 bits per heavy atom. The molecular weight excluding hydrogens is 537 g/mol. The van der Waals surface area contributed by atoms with E-state index >= 15 is 0 Å². The highest BCUT2D eigenvalue weighted by molar-refractivity contribution is 9.10. The lowest BCUT2D eigenvalue weighted by molar-refractivity contribution is -0.116. The average molecular weight is 555 g/mol. The lowest BCUT2D eigenvalue weighted by atomic mass is 10.2.